The fraction of sp³-hybridized carbons (Fsp3) is 0.500. The van der Waals surface area contributed by atoms with Crippen molar-refractivity contribution in [3.63, 3.8) is 0 Å². The molecule has 0 saturated heterocycles. The zero-order valence-electron chi connectivity index (χ0n) is 10.8. The van der Waals surface area contributed by atoms with Crippen molar-refractivity contribution in [2.24, 2.45) is 11.7 Å². The average molecular weight is 236 g/mol. The molecule has 1 aromatic rings. The van der Waals surface area contributed by atoms with Crippen LogP contribution in [0.3, 0.4) is 0 Å². The van der Waals surface area contributed by atoms with Gasteiger partial charge in [-0.25, -0.2) is 0 Å². The molecule has 1 aromatic heterocycles. The molecule has 0 saturated carbocycles. The van der Waals surface area contributed by atoms with Gasteiger partial charge in [-0.3, -0.25) is 9.78 Å². The fourth-order valence-electron chi connectivity index (χ4n) is 1.39. The Morgan fingerprint density at radius 3 is 2.65 bits per heavy atom. The maximum atomic E-state index is 11.8. The van der Waals surface area contributed by atoms with Crippen molar-refractivity contribution in [3.8, 4) is 0 Å². The van der Waals surface area contributed by atoms with Crippen molar-refractivity contribution in [3.05, 3.63) is 18.5 Å². The van der Waals surface area contributed by atoms with E-state index in [-0.39, 0.29) is 11.8 Å². The van der Waals surface area contributed by atoms with E-state index in [1.807, 2.05) is 38.9 Å². The zero-order valence-corrected chi connectivity index (χ0v) is 10.8. The summed E-state index contributed by atoms with van der Waals surface area (Å²) < 4.78 is 0. The minimum Gasteiger partial charge on any atom is -0.376 e. The second-order valence-corrected chi connectivity index (χ2v) is 4.55. The SMILES string of the molecule is CC(C)[C@@H](N)C(=O)Nc1cnccc1N(C)C. The fourth-order valence-corrected chi connectivity index (χ4v) is 1.39. The Balaban J connectivity index is 2.85. The van der Waals surface area contributed by atoms with Gasteiger partial charge in [0, 0.05) is 20.3 Å². The van der Waals surface area contributed by atoms with E-state index in [4.69, 9.17) is 5.73 Å². The van der Waals surface area contributed by atoms with Crippen LogP contribution < -0.4 is 16.0 Å². The molecular formula is C12H20N4O. The normalized spacial score (nSPS) is 12.4. The van der Waals surface area contributed by atoms with Crippen LogP contribution in [0.1, 0.15) is 13.8 Å². The zero-order chi connectivity index (χ0) is 13.0. The molecule has 17 heavy (non-hydrogen) atoms. The summed E-state index contributed by atoms with van der Waals surface area (Å²) in [5.74, 6) is -0.0782. The molecule has 0 unspecified atom stereocenters. The van der Waals surface area contributed by atoms with Crippen LogP contribution >= 0.6 is 0 Å². The molecule has 1 atom stereocenters. The molecule has 5 heteroatoms. The molecular weight excluding hydrogens is 216 g/mol. The summed E-state index contributed by atoms with van der Waals surface area (Å²) in [6, 6.07) is 1.33. The van der Waals surface area contributed by atoms with Gasteiger partial charge in [0.05, 0.1) is 23.6 Å². The van der Waals surface area contributed by atoms with Crippen molar-refractivity contribution in [1.82, 2.24) is 4.98 Å². The first kappa shape index (κ1) is 13.4. The number of nitrogens with two attached hydrogens (primary N) is 1. The monoisotopic (exact) mass is 236 g/mol. The molecule has 0 aliphatic carbocycles. The molecule has 0 radical (unpaired) electrons. The minimum atomic E-state index is -0.509. The van der Waals surface area contributed by atoms with E-state index in [0.29, 0.717) is 5.69 Å². The largest absolute Gasteiger partial charge is 0.376 e. The molecule has 3 N–H and O–H groups in total. The van der Waals surface area contributed by atoms with Gasteiger partial charge < -0.3 is 16.0 Å². The Morgan fingerprint density at radius 2 is 2.12 bits per heavy atom. The van der Waals surface area contributed by atoms with Gasteiger partial charge in [0.1, 0.15) is 0 Å². The molecule has 0 bridgehead atoms. The number of pyridine rings is 1. The molecule has 1 rings (SSSR count). The highest BCUT2D eigenvalue weighted by Crippen LogP contribution is 2.22. The summed E-state index contributed by atoms with van der Waals surface area (Å²) in [6.45, 7) is 3.83. The number of aromatic nitrogens is 1. The van der Waals surface area contributed by atoms with Gasteiger partial charge in [0.25, 0.3) is 0 Å². The average Bonchev–Trinajstić information content (AvgIpc) is 2.28. The first-order chi connectivity index (χ1) is 7.93. The molecule has 0 aromatic carbocycles. The number of amides is 1. The summed E-state index contributed by atoms with van der Waals surface area (Å²) in [6.07, 6.45) is 3.31. The predicted octanol–water partition coefficient (Wildman–Crippen LogP) is 1.07. The van der Waals surface area contributed by atoms with Crippen molar-refractivity contribution >= 4 is 17.3 Å². The number of rotatable bonds is 4. The van der Waals surface area contributed by atoms with Crippen LogP contribution in [0, 0.1) is 5.92 Å². The van der Waals surface area contributed by atoms with E-state index >= 15 is 0 Å². The van der Waals surface area contributed by atoms with Gasteiger partial charge in [-0.05, 0) is 12.0 Å². The van der Waals surface area contributed by atoms with Crippen LogP contribution in [-0.2, 0) is 4.79 Å². The number of hydrogen-bond acceptors (Lipinski definition) is 4. The number of nitrogens with zero attached hydrogens (tertiary/aromatic N) is 2. The molecule has 0 spiro atoms. The topological polar surface area (TPSA) is 71.2 Å². The molecule has 0 aliphatic heterocycles. The number of nitrogens with one attached hydrogen (secondary N) is 1. The molecule has 0 fully saturated rings. The van der Waals surface area contributed by atoms with E-state index in [9.17, 15) is 4.79 Å². The highest BCUT2D eigenvalue weighted by Gasteiger charge is 2.18. The minimum absolute atomic E-state index is 0.106. The lowest BCUT2D eigenvalue weighted by Crippen LogP contribution is -2.40. The van der Waals surface area contributed by atoms with Crippen molar-refractivity contribution in [2.75, 3.05) is 24.3 Å². The maximum absolute atomic E-state index is 11.8. The van der Waals surface area contributed by atoms with Gasteiger partial charge in [-0.1, -0.05) is 13.8 Å². The number of carbonyl (C=O) groups is 1. The van der Waals surface area contributed by atoms with Gasteiger partial charge in [-0.2, -0.15) is 0 Å². The Hall–Kier alpha value is -1.62. The first-order valence-electron chi connectivity index (χ1n) is 5.61. The van der Waals surface area contributed by atoms with E-state index in [1.165, 1.54) is 0 Å². The highest BCUT2D eigenvalue weighted by molar-refractivity contribution is 5.97. The van der Waals surface area contributed by atoms with E-state index in [2.05, 4.69) is 10.3 Å². The standard InChI is InChI=1S/C12H20N4O/c1-8(2)11(13)12(17)15-9-7-14-6-5-10(9)16(3)4/h5-8,11H,13H2,1-4H3,(H,15,17)/t11-/m1/s1. The molecule has 0 aliphatic rings. The van der Waals surface area contributed by atoms with Crippen LogP contribution in [0.2, 0.25) is 0 Å². The summed E-state index contributed by atoms with van der Waals surface area (Å²) in [4.78, 5) is 17.8. The maximum Gasteiger partial charge on any atom is 0.241 e. The van der Waals surface area contributed by atoms with Gasteiger partial charge in [0.2, 0.25) is 5.91 Å². The van der Waals surface area contributed by atoms with Gasteiger partial charge in [-0.15, -0.1) is 0 Å². The Labute approximate surface area is 102 Å². The molecule has 94 valence electrons. The number of anilines is 2. The van der Waals surface area contributed by atoms with E-state index < -0.39 is 6.04 Å². The third-order valence-corrected chi connectivity index (χ3v) is 2.56. The number of hydrogen-bond donors (Lipinski definition) is 2. The molecule has 5 nitrogen and oxygen atoms in total. The Bertz CT molecular complexity index is 390. The van der Waals surface area contributed by atoms with Gasteiger partial charge in [0.15, 0.2) is 0 Å². The first-order valence-corrected chi connectivity index (χ1v) is 5.61. The van der Waals surface area contributed by atoms with Gasteiger partial charge >= 0.3 is 0 Å². The van der Waals surface area contributed by atoms with Crippen LogP contribution in [-0.4, -0.2) is 31.0 Å². The lowest BCUT2D eigenvalue weighted by Gasteiger charge is -2.20. The molecule has 1 amide bonds. The van der Waals surface area contributed by atoms with Crippen molar-refractivity contribution < 1.29 is 4.79 Å². The smallest absolute Gasteiger partial charge is 0.241 e. The second kappa shape index (κ2) is 5.63. The Kier molecular flexibility index (Phi) is 4.45. The van der Waals surface area contributed by atoms with Crippen LogP contribution in [0.5, 0.6) is 0 Å². The second-order valence-electron chi connectivity index (χ2n) is 4.55. The third kappa shape index (κ3) is 3.42. The molecule has 1 heterocycles. The van der Waals surface area contributed by atoms with Crippen LogP contribution in [0.25, 0.3) is 0 Å². The lowest BCUT2D eigenvalue weighted by molar-refractivity contribution is -0.118. The van der Waals surface area contributed by atoms with Crippen molar-refractivity contribution in [2.45, 2.75) is 19.9 Å². The number of carbonyl (C=O) groups excluding carboxylic acids is 1. The summed E-state index contributed by atoms with van der Waals surface area (Å²) in [5.41, 5.74) is 7.37. The summed E-state index contributed by atoms with van der Waals surface area (Å²) in [7, 11) is 3.82. The van der Waals surface area contributed by atoms with E-state index in [1.54, 1.807) is 12.4 Å². The third-order valence-electron chi connectivity index (χ3n) is 2.56. The van der Waals surface area contributed by atoms with Crippen molar-refractivity contribution in [1.29, 1.82) is 0 Å². The lowest BCUT2D eigenvalue weighted by atomic mass is 10.0. The van der Waals surface area contributed by atoms with Crippen LogP contribution in [0.15, 0.2) is 18.5 Å². The predicted molar refractivity (Wildman–Crippen MR) is 70.0 cm³/mol. The summed E-state index contributed by atoms with van der Waals surface area (Å²) >= 11 is 0. The quantitative estimate of drug-likeness (QED) is 0.820. The Morgan fingerprint density at radius 1 is 1.47 bits per heavy atom. The van der Waals surface area contributed by atoms with E-state index in [0.717, 1.165) is 5.69 Å². The highest BCUT2D eigenvalue weighted by atomic mass is 16.2. The summed E-state index contributed by atoms with van der Waals surface area (Å²) in [5, 5.41) is 2.80. The van der Waals surface area contributed by atoms with Crippen LogP contribution in [0.4, 0.5) is 11.4 Å².